The van der Waals surface area contributed by atoms with Crippen LogP contribution in [-0.2, 0) is 15.4 Å². The molecule has 3 rings (SSSR count). The third kappa shape index (κ3) is 2.13. The summed E-state index contributed by atoms with van der Waals surface area (Å²) in [6.07, 6.45) is 0.603. The standard InChI is InChI=1S/C14H17ClN2O2S/c1-10(15)13-16-11-5-3-4-6-12(11)17(13)14(2)7-8-20(18,19)9-14/h3-6,10H,7-9H2,1-2H3. The van der Waals surface area contributed by atoms with Gasteiger partial charge < -0.3 is 4.57 Å². The van der Waals surface area contributed by atoms with Crippen molar-refractivity contribution in [2.75, 3.05) is 11.5 Å². The van der Waals surface area contributed by atoms with Gasteiger partial charge in [0.05, 0.1) is 33.5 Å². The molecule has 2 heterocycles. The first-order chi connectivity index (χ1) is 9.32. The summed E-state index contributed by atoms with van der Waals surface area (Å²) in [6.45, 7) is 3.85. The molecule has 20 heavy (non-hydrogen) atoms. The van der Waals surface area contributed by atoms with E-state index in [1.54, 1.807) is 0 Å². The molecule has 0 amide bonds. The summed E-state index contributed by atoms with van der Waals surface area (Å²) in [5.41, 5.74) is 1.35. The largest absolute Gasteiger partial charge is 0.320 e. The van der Waals surface area contributed by atoms with Gasteiger partial charge in [-0.15, -0.1) is 11.6 Å². The first-order valence-electron chi connectivity index (χ1n) is 6.65. The number of para-hydroxylation sites is 2. The second-order valence-electron chi connectivity index (χ2n) is 5.75. The zero-order valence-corrected chi connectivity index (χ0v) is 13.1. The molecule has 2 unspecified atom stereocenters. The Morgan fingerprint density at radius 3 is 2.70 bits per heavy atom. The molecule has 0 aliphatic carbocycles. The molecule has 1 saturated heterocycles. The first-order valence-corrected chi connectivity index (χ1v) is 8.91. The number of sulfone groups is 1. The van der Waals surface area contributed by atoms with Gasteiger partial charge in [0, 0.05) is 0 Å². The maximum Gasteiger partial charge on any atom is 0.152 e. The molecule has 0 saturated carbocycles. The zero-order chi connectivity index (χ0) is 14.5. The highest BCUT2D eigenvalue weighted by Gasteiger charge is 2.42. The van der Waals surface area contributed by atoms with Crippen molar-refractivity contribution in [1.29, 1.82) is 0 Å². The minimum absolute atomic E-state index is 0.150. The molecule has 4 nitrogen and oxygen atoms in total. The van der Waals surface area contributed by atoms with Gasteiger partial charge in [0.2, 0.25) is 0 Å². The molecule has 108 valence electrons. The van der Waals surface area contributed by atoms with Crippen LogP contribution in [0.3, 0.4) is 0 Å². The lowest BCUT2D eigenvalue weighted by Crippen LogP contribution is -2.33. The number of aromatic nitrogens is 2. The van der Waals surface area contributed by atoms with Crippen molar-refractivity contribution in [1.82, 2.24) is 9.55 Å². The van der Waals surface area contributed by atoms with Gasteiger partial charge in [-0.05, 0) is 32.4 Å². The molecule has 0 radical (unpaired) electrons. The van der Waals surface area contributed by atoms with Crippen LogP contribution in [0.5, 0.6) is 0 Å². The number of imidazole rings is 1. The summed E-state index contributed by atoms with van der Waals surface area (Å²) in [5.74, 6) is 1.12. The van der Waals surface area contributed by atoms with E-state index >= 15 is 0 Å². The minimum atomic E-state index is -2.98. The number of alkyl halides is 1. The molecule has 1 fully saturated rings. The Morgan fingerprint density at radius 2 is 2.10 bits per heavy atom. The van der Waals surface area contributed by atoms with E-state index in [9.17, 15) is 8.42 Å². The predicted octanol–water partition coefficient (Wildman–Crippen LogP) is 2.87. The molecule has 0 spiro atoms. The van der Waals surface area contributed by atoms with E-state index in [2.05, 4.69) is 4.98 Å². The van der Waals surface area contributed by atoms with E-state index < -0.39 is 15.4 Å². The van der Waals surface area contributed by atoms with E-state index in [0.29, 0.717) is 6.42 Å². The van der Waals surface area contributed by atoms with Crippen LogP contribution in [0.2, 0.25) is 0 Å². The third-order valence-electron chi connectivity index (χ3n) is 3.96. The SMILES string of the molecule is CC(Cl)c1nc2ccccc2n1C1(C)CCS(=O)(=O)C1. The second kappa shape index (κ2) is 4.46. The molecule has 6 heteroatoms. The van der Waals surface area contributed by atoms with Crippen molar-refractivity contribution in [3.8, 4) is 0 Å². The summed E-state index contributed by atoms with van der Waals surface area (Å²) in [6, 6.07) is 7.77. The number of benzene rings is 1. The van der Waals surface area contributed by atoms with Crippen LogP contribution < -0.4 is 0 Å². The topological polar surface area (TPSA) is 52.0 Å². The number of rotatable bonds is 2. The Kier molecular flexibility index (Phi) is 3.10. The predicted molar refractivity (Wildman–Crippen MR) is 80.9 cm³/mol. The molecule has 2 atom stereocenters. The molecule has 1 aliphatic heterocycles. The van der Waals surface area contributed by atoms with Gasteiger partial charge >= 0.3 is 0 Å². The molecule has 0 bridgehead atoms. The average molecular weight is 313 g/mol. The minimum Gasteiger partial charge on any atom is -0.320 e. The molecular formula is C14H17ClN2O2S. The van der Waals surface area contributed by atoms with E-state index in [0.717, 1.165) is 16.9 Å². The lowest BCUT2D eigenvalue weighted by atomic mass is 10.0. The number of hydrogen-bond donors (Lipinski definition) is 0. The van der Waals surface area contributed by atoms with Crippen LogP contribution in [0.25, 0.3) is 11.0 Å². The van der Waals surface area contributed by atoms with Gasteiger partial charge in [0.1, 0.15) is 5.82 Å². The van der Waals surface area contributed by atoms with Gasteiger partial charge in [-0.2, -0.15) is 0 Å². The molecule has 2 aromatic rings. The van der Waals surface area contributed by atoms with Crippen molar-refractivity contribution >= 4 is 32.5 Å². The number of hydrogen-bond acceptors (Lipinski definition) is 3. The summed E-state index contributed by atoms with van der Waals surface area (Å²) >= 11 is 6.26. The Labute approximate surface area is 123 Å². The van der Waals surface area contributed by atoms with Crippen LogP contribution in [-0.4, -0.2) is 29.5 Å². The maximum absolute atomic E-state index is 11.9. The van der Waals surface area contributed by atoms with Gasteiger partial charge in [-0.3, -0.25) is 0 Å². The maximum atomic E-state index is 11.9. The summed E-state index contributed by atoms with van der Waals surface area (Å²) in [4.78, 5) is 4.59. The van der Waals surface area contributed by atoms with Gasteiger partial charge in [-0.25, -0.2) is 13.4 Å². The number of halogens is 1. The highest BCUT2D eigenvalue weighted by molar-refractivity contribution is 7.91. The second-order valence-corrected chi connectivity index (χ2v) is 8.59. The Hall–Kier alpha value is -1.07. The fourth-order valence-corrected chi connectivity index (χ4v) is 5.31. The highest BCUT2D eigenvalue weighted by atomic mass is 35.5. The Morgan fingerprint density at radius 1 is 1.40 bits per heavy atom. The Balaban J connectivity index is 2.27. The van der Waals surface area contributed by atoms with Crippen molar-refractivity contribution < 1.29 is 8.42 Å². The summed E-state index contributed by atoms with van der Waals surface area (Å²) in [5, 5.41) is -0.262. The molecule has 1 aliphatic rings. The number of fused-ring (bicyclic) bond motifs is 1. The zero-order valence-electron chi connectivity index (χ0n) is 11.5. The van der Waals surface area contributed by atoms with E-state index in [4.69, 9.17) is 11.6 Å². The van der Waals surface area contributed by atoms with Gasteiger partial charge in [0.15, 0.2) is 9.84 Å². The normalized spacial score (nSPS) is 26.9. The lowest BCUT2D eigenvalue weighted by Gasteiger charge is -2.28. The van der Waals surface area contributed by atoms with Crippen LogP contribution in [0.15, 0.2) is 24.3 Å². The van der Waals surface area contributed by atoms with E-state index in [1.165, 1.54) is 0 Å². The quantitative estimate of drug-likeness (QED) is 0.801. The Bertz CT molecular complexity index is 767. The molecule has 1 aromatic heterocycles. The smallest absolute Gasteiger partial charge is 0.152 e. The fourth-order valence-electron chi connectivity index (χ4n) is 3.05. The summed E-state index contributed by atoms with van der Waals surface area (Å²) in [7, 11) is -2.98. The van der Waals surface area contributed by atoms with Crippen LogP contribution in [0.1, 0.15) is 31.5 Å². The highest BCUT2D eigenvalue weighted by Crippen LogP contribution is 2.37. The third-order valence-corrected chi connectivity index (χ3v) is 6.05. The van der Waals surface area contributed by atoms with Crippen molar-refractivity contribution in [2.45, 2.75) is 31.2 Å². The molecular weight excluding hydrogens is 296 g/mol. The number of nitrogens with zero attached hydrogens (tertiary/aromatic N) is 2. The molecule has 0 N–H and O–H groups in total. The lowest BCUT2D eigenvalue weighted by molar-refractivity contribution is 0.363. The van der Waals surface area contributed by atoms with Gasteiger partial charge in [0.25, 0.3) is 0 Å². The van der Waals surface area contributed by atoms with E-state index in [1.807, 2.05) is 42.7 Å². The first kappa shape index (κ1) is 13.9. The average Bonchev–Trinajstić information content (AvgIpc) is 2.88. The van der Waals surface area contributed by atoms with Crippen molar-refractivity contribution in [3.05, 3.63) is 30.1 Å². The van der Waals surface area contributed by atoms with E-state index in [-0.39, 0.29) is 16.9 Å². The fraction of sp³-hybridized carbons (Fsp3) is 0.500. The summed E-state index contributed by atoms with van der Waals surface area (Å²) < 4.78 is 25.8. The van der Waals surface area contributed by atoms with Crippen LogP contribution in [0.4, 0.5) is 0 Å². The monoisotopic (exact) mass is 312 g/mol. The molecule has 1 aromatic carbocycles. The van der Waals surface area contributed by atoms with Crippen LogP contribution in [0, 0.1) is 0 Å². The van der Waals surface area contributed by atoms with Crippen LogP contribution >= 0.6 is 11.6 Å². The van der Waals surface area contributed by atoms with Crippen molar-refractivity contribution in [3.63, 3.8) is 0 Å². The van der Waals surface area contributed by atoms with Gasteiger partial charge in [-0.1, -0.05) is 12.1 Å². The van der Waals surface area contributed by atoms with Crippen molar-refractivity contribution in [2.24, 2.45) is 0 Å².